The Kier molecular flexibility index (Phi) is 6.34. The number of hydrogen-bond acceptors (Lipinski definition) is 7. The fourth-order valence-corrected chi connectivity index (χ4v) is 4.99. The van der Waals surface area contributed by atoms with Crippen molar-refractivity contribution in [3.63, 3.8) is 0 Å². The zero-order valence-electron chi connectivity index (χ0n) is 19.2. The zero-order valence-corrected chi connectivity index (χ0v) is 20.0. The lowest BCUT2D eigenvalue weighted by Gasteiger charge is -2.31. The maximum Gasteiger partial charge on any atom is 0.332 e. The second-order valence-corrected chi connectivity index (χ2v) is 9.67. The minimum Gasteiger partial charge on any atom is -0.341 e. The van der Waals surface area contributed by atoms with Gasteiger partial charge in [-0.05, 0) is 33.6 Å². The van der Waals surface area contributed by atoms with Gasteiger partial charge in [0.25, 0.3) is 5.56 Å². The van der Waals surface area contributed by atoms with Gasteiger partial charge in [0.1, 0.15) is 0 Å². The van der Waals surface area contributed by atoms with Gasteiger partial charge in [0.05, 0.1) is 11.2 Å². The molecule has 9 nitrogen and oxygen atoms in total. The molecule has 4 rings (SSSR count). The summed E-state index contributed by atoms with van der Waals surface area (Å²) >= 11 is 1.55. The van der Waals surface area contributed by atoms with E-state index in [1.165, 1.54) is 9.13 Å². The Morgan fingerprint density at radius 2 is 2.09 bits per heavy atom. The molecule has 1 unspecified atom stereocenters. The van der Waals surface area contributed by atoms with E-state index in [-0.39, 0.29) is 17.3 Å². The minimum absolute atomic E-state index is 0.0728. The van der Waals surface area contributed by atoms with Gasteiger partial charge in [-0.15, -0.1) is 11.3 Å². The van der Waals surface area contributed by atoms with Crippen LogP contribution >= 0.6 is 11.3 Å². The van der Waals surface area contributed by atoms with E-state index in [1.807, 2.05) is 25.3 Å². The summed E-state index contributed by atoms with van der Waals surface area (Å²) in [5.74, 6) is 0.704. The number of fused-ring (bicyclic) bond motifs is 1. The summed E-state index contributed by atoms with van der Waals surface area (Å²) in [6, 6.07) is 0.0728. The summed E-state index contributed by atoms with van der Waals surface area (Å²) in [6.45, 7) is 8.34. The maximum atomic E-state index is 13.6. The number of rotatable bonds is 6. The van der Waals surface area contributed by atoms with Gasteiger partial charge in [-0.25, -0.2) is 9.78 Å². The largest absolute Gasteiger partial charge is 0.341 e. The predicted molar refractivity (Wildman–Crippen MR) is 129 cm³/mol. The van der Waals surface area contributed by atoms with E-state index in [0.717, 1.165) is 35.5 Å². The van der Waals surface area contributed by atoms with Crippen molar-refractivity contribution in [2.24, 2.45) is 12.8 Å². The number of imidazole rings is 1. The van der Waals surface area contributed by atoms with Gasteiger partial charge in [-0.1, -0.05) is 11.6 Å². The Balaban J connectivity index is 1.86. The van der Waals surface area contributed by atoms with Gasteiger partial charge >= 0.3 is 5.69 Å². The molecule has 0 aliphatic carbocycles. The molecular weight excluding hydrogens is 426 g/mol. The number of aryl methyl sites for hydroxylation is 3. The second kappa shape index (κ2) is 9.03. The molecule has 172 valence electrons. The Labute approximate surface area is 190 Å². The van der Waals surface area contributed by atoms with Gasteiger partial charge in [0.2, 0.25) is 5.95 Å². The standard InChI is InChI=1S/C22H31N7O2S/c1-14(2)7-10-28-18-19(25-21(28)27-9-5-6-16(23)12-27)26(4)22(31)29(20(18)30)11-8-17-15(3)24-13-32-17/h7,13,16H,5-6,8-12,23H2,1-4H3. The lowest BCUT2D eigenvalue weighted by atomic mass is 10.1. The number of nitrogens with two attached hydrogens (primary N) is 1. The third-order valence-corrected chi connectivity index (χ3v) is 7.04. The molecule has 0 radical (unpaired) electrons. The van der Waals surface area contributed by atoms with Crippen LogP contribution in [0.15, 0.2) is 26.7 Å². The number of hydrogen-bond donors (Lipinski definition) is 1. The van der Waals surface area contributed by atoms with Crippen molar-refractivity contribution >= 4 is 28.4 Å². The van der Waals surface area contributed by atoms with E-state index in [4.69, 9.17) is 10.7 Å². The Morgan fingerprint density at radius 1 is 1.31 bits per heavy atom. The highest BCUT2D eigenvalue weighted by Crippen LogP contribution is 2.23. The van der Waals surface area contributed by atoms with Crippen LogP contribution in [0.4, 0.5) is 5.95 Å². The number of piperidine rings is 1. The first-order chi connectivity index (χ1) is 15.3. The van der Waals surface area contributed by atoms with Crippen LogP contribution in [0.1, 0.15) is 37.3 Å². The molecule has 4 heterocycles. The highest BCUT2D eigenvalue weighted by atomic mass is 32.1. The van der Waals surface area contributed by atoms with Crippen LogP contribution in [0.25, 0.3) is 11.2 Å². The first kappa shape index (κ1) is 22.5. The second-order valence-electron chi connectivity index (χ2n) is 8.73. The summed E-state index contributed by atoms with van der Waals surface area (Å²) in [5, 5.41) is 0. The highest BCUT2D eigenvalue weighted by Gasteiger charge is 2.26. The van der Waals surface area contributed by atoms with Gasteiger partial charge < -0.3 is 15.2 Å². The van der Waals surface area contributed by atoms with Crippen LogP contribution in [-0.4, -0.2) is 42.8 Å². The lowest BCUT2D eigenvalue weighted by molar-refractivity contribution is 0.495. The molecular formula is C22H31N7O2S. The minimum atomic E-state index is -0.349. The quantitative estimate of drug-likeness (QED) is 0.566. The fourth-order valence-electron chi connectivity index (χ4n) is 4.22. The summed E-state index contributed by atoms with van der Waals surface area (Å²) < 4.78 is 4.76. The number of aromatic nitrogens is 5. The fraction of sp³-hybridized carbons (Fsp3) is 0.545. The molecule has 0 aromatic carbocycles. The van der Waals surface area contributed by atoms with E-state index < -0.39 is 0 Å². The van der Waals surface area contributed by atoms with E-state index in [9.17, 15) is 9.59 Å². The Bertz CT molecular complexity index is 1280. The van der Waals surface area contributed by atoms with Crippen molar-refractivity contribution in [2.75, 3.05) is 18.0 Å². The van der Waals surface area contributed by atoms with E-state index in [2.05, 4.69) is 16.0 Å². The van der Waals surface area contributed by atoms with Crippen molar-refractivity contribution in [3.8, 4) is 0 Å². The molecule has 1 atom stereocenters. The number of thiazole rings is 1. The molecule has 0 amide bonds. The predicted octanol–water partition coefficient (Wildman–Crippen LogP) is 1.80. The highest BCUT2D eigenvalue weighted by molar-refractivity contribution is 7.09. The average molecular weight is 458 g/mol. The monoisotopic (exact) mass is 457 g/mol. The van der Waals surface area contributed by atoms with Crippen molar-refractivity contribution in [3.05, 3.63) is 48.6 Å². The SMILES string of the molecule is CC(C)=CCn1c(N2CCCC(N)C2)nc2c1c(=O)n(CCc1scnc1C)c(=O)n2C. The molecule has 2 N–H and O–H groups in total. The smallest absolute Gasteiger partial charge is 0.332 e. The van der Waals surface area contributed by atoms with E-state index >= 15 is 0 Å². The molecule has 0 saturated carbocycles. The third-order valence-electron chi connectivity index (χ3n) is 6.04. The van der Waals surface area contributed by atoms with Gasteiger partial charge in [-0.3, -0.25) is 13.9 Å². The summed E-state index contributed by atoms with van der Waals surface area (Å²) in [7, 11) is 1.68. The number of anilines is 1. The maximum absolute atomic E-state index is 13.6. The van der Waals surface area contributed by atoms with Crippen LogP contribution in [0.2, 0.25) is 0 Å². The van der Waals surface area contributed by atoms with Crippen molar-refractivity contribution in [2.45, 2.75) is 59.2 Å². The first-order valence-corrected chi connectivity index (χ1v) is 11.9. The van der Waals surface area contributed by atoms with Crippen molar-refractivity contribution in [1.82, 2.24) is 23.7 Å². The summed E-state index contributed by atoms with van der Waals surface area (Å²) in [5.41, 5.74) is 10.3. The van der Waals surface area contributed by atoms with Gasteiger partial charge in [0.15, 0.2) is 11.2 Å². The van der Waals surface area contributed by atoms with E-state index in [0.29, 0.717) is 43.2 Å². The molecule has 32 heavy (non-hydrogen) atoms. The lowest BCUT2D eigenvalue weighted by Crippen LogP contribution is -2.44. The molecule has 1 saturated heterocycles. The molecule has 0 spiro atoms. The van der Waals surface area contributed by atoms with E-state index in [1.54, 1.807) is 23.9 Å². The number of allylic oxidation sites excluding steroid dienone is 2. The summed E-state index contributed by atoms with van der Waals surface area (Å²) in [4.78, 5) is 38.9. The van der Waals surface area contributed by atoms with Crippen LogP contribution in [0.5, 0.6) is 0 Å². The van der Waals surface area contributed by atoms with Crippen LogP contribution in [-0.2, 0) is 26.6 Å². The van der Waals surface area contributed by atoms with Crippen molar-refractivity contribution < 1.29 is 0 Å². The third kappa shape index (κ3) is 4.16. The molecule has 3 aromatic heterocycles. The molecule has 1 aliphatic heterocycles. The van der Waals surface area contributed by atoms with Gasteiger partial charge in [-0.2, -0.15) is 4.98 Å². The Hall–Kier alpha value is -2.72. The van der Waals surface area contributed by atoms with Crippen LogP contribution in [0.3, 0.4) is 0 Å². The molecule has 0 bridgehead atoms. The summed E-state index contributed by atoms with van der Waals surface area (Å²) in [6.07, 6.45) is 4.62. The van der Waals surface area contributed by atoms with Crippen LogP contribution in [0, 0.1) is 6.92 Å². The molecule has 10 heteroatoms. The Morgan fingerprint density at radius 3 is 2.75 bits per heavy atom. The topological polar surface area (TPSA) is 104 Å². The zero-order chi connectivity index (χ0) is 23.0. The average Bonchev–Trinajstić information content (AvgIpc) is 3.34. The normalized spacial score (nSPS) is 16.7. The van der Waals surface area contributed by atoms with Crippen molar-refractivity contribution in [1.29, 1.82) is 0 Å². The molecule has 3 aromatic rings. The molecule has 1 fully saturated rings. The van der Waals surface area contributed by atoms with Crippen LogP contribution < -0.4 is 21.9 Å². The number of nitrogens with zero attached hydrogens (tertiary/aromatic N) is 6. The molecule has 1 aliphatic rings. The van der Waals surface area contributed by atoms with Gasteiger partial charge in [0, 0.05) is 50.6 Å². The first-order valence-electron chi connectivity index (χ1n) is 11.0.